The van der Waals surface area contributed by atoms with Gasteiger partial charge in [0.05, 0.1) is 0 Å². The van der Waals surface area contributed by atoms with Gasteiger partial charge in [-0.3, -0.25) is 9.69 Å². The number of esters is 1. The first-order valence-corrected chi connectivity index (χ1v) is 9.82. The SMILES string of the molecule is C=CC[C@@]1(CCC)C(=O)O[C@H]([C]2[CH][CH][CH][CH]2)N1C(=O)C(C)(C)C.[CH]1[CH][CH][CH][CH]1.[Fe+2]. The second-order valence-electron chi connectivity index (χ2n) is 8.14. The summed E-state index contributed by atoms with van der Waals surface area (Å²) in [5.74, 6) is 0.422. The number of hydrogen-bond acceptors (Lipinski definition) is 3. The number of ether oxygens (including phenoxy) is 1. The minimum atomic E-state index is -0.956. The van der Waals surface area contributed by atoms with E-state index in [1.807, 2.05) is 85.5 Å². The van der Waals surface area contributed by atoms with Gasteiger partial charge in [-0.05, 0) is 70.6 Å². The van der Waals surface area contributed by atoms with Gasteiger partial charge in [0.25, 0.3) is 0 Å². The molecule has 0 bridgehead atoms. The van der Waals surface area contributed by atoms with Gasteiger partial charge in [0.1, 0.15) is 5.54 Å². The Morgan fingerprint density at radius 1 is 1.14 bits per heavy atom. The van der Waals surface area contributed by atoms with Crippen molar-refractivity contribution >= 4 is 11.9 Å². The van der Waals surface area contributed by atoms with Crippen molar-refractivity contribution in [3.05, 3.63) is 76.4 Å². The fourth-order valence-electron chi connectivity index (χ4n) is 3.50. The first-order valence-electron chi connectivity index (χ1n) is 9.82. The van der Waals surface area contributed by atoms with E-state index >= 15 is 0 Å². The van der Waals surface area contributed by atoms with Crippen LogP contribution < -0.4 is 0 Å². The van der Waals surface area contributed by atoms with Gasteiger partial charge < -0.3 is 4.74 Å². The van der Waals surface area contributed by atoms with Crippen molar-refractivity contribution in [3.8, 4) is 0 Å². The zero-order valence-corrected chi connectivity index (χ0v) is 18.8. The number of amides is 1. The molecule has 1 heterocycles. The second-order valence-corrected chi connectivity index (χ2v) is 8.14. The third-order valence-corrected chi connectivity index (χ3v) is 4.83. The zero-order chi connectivity index (χ0) is 20.8. The van der Waals surface area contributed by atoms with E-state index in [-0.39, 0.29) is 28.9 Å². The van der Waals surface area contributed by atoms with Crippen LogP contribution in [-0.4, -0.2) is 28.5 Å². The summed E-state index contributed by atoms with van der Waals surface area (Å²) in [5.41, 5.74) is -1.55. The number of nitrogens with zero attached hydrogens (tertiary/aromatic N) is 1. The van der Waals surface area contributed by atoms with Crippen molar-refractivity contribution in [1.82, 2.24) is 4.90 Å². The van der Waals surface area contributed by atoms with E-state index in [1.54, 1.807) is 11.0 Å². The molecule has 0 aromatic heterocycles. The molecular formula is C24H31FeNO3+2. The van der Waals surface area contributed by atoms with Crippen molar-refractivity contribution in [2.24, 2.45) is 5.41 Å². The van der Waals surface area contributed by atoms with E-state index in [2.05, 4.69) is 6.58 Å². The Kier molecular flexibility index (Phi) is 10.5. The molecule has 2 aliphatic carbocycles. The summed E-state index contributed by atoms with van der Waals surface area (Å²) >= 11 is 0. The monoisotopic (exact) mass is 437 g/mol. The maximum Gasteiger partial charge on any atom is 2.00 e. The largest absolute Gasteiger partial charge is 2.00 e. The summed E-state index contributed by atoms with van der Waals surface area (Å²) in [6.07, 6.45) is 20.3. The van der Waals surface area contributed by atoms with Crippen LogP contribution in [0.25, 0.3) is 0 Å². The van der Waals surface area contributed by atoms with Gasteiger partial charge in [0.2, 0.25) is 5.91 Å². The molecule has 2 saturated carbocycles. The Balaban J connectivity index is 0.000000610. The van der Waals surface area contributed by atoms with Crippen LogP contribution >= 0.6 is 0 Å². The minimum absolute atomic E-state index is 0. The Morgan fingerprint density at radius 2 is 1.66 bits per heavy atom. The van der Waals surface area contributed by atoms with Gasteiger partial charge in [-0.2, -0.15) is 0 Å². The molecule has 10 radical (unpaired) electrons. The molecule has 0 spiro atoms. The van der Waals surface area contributed by atoms with Crippen LogP contribution in [0.15, 0.2) is 12.7 Å². The zero-order valence-electron chi connectivity index (χ0n) is 17.7. The average Bonchev–Trinajstić information content (AvgIpc) is 3.38. The van der Waals surface area contributed by atoms with Crippen LogP contribution in [0.1, 0.15) is 47.0 Å². The number of carbonyl (C=O) groups is 2. The van der Waals surface area contributed by atoms with Crippen molar-refractivity contribution < 1.29 is 31.4 Å². The topological polar surface area (TPSA) is 46.6 Å². The molecule has 3 aliphatic rings. The Morgan fingerprint density at radius 3 is 2.07 bits per heavy atom. The normalized spacial score (nSPS) is 27.1. The molecule has 156 valence electrons. The molecule has 0 aromatic rings. The molecule has 0 N–H and O–H groups in total. The van der Waals surface area contributed by atoms with Gasteiger partial charge >= 0.3 is 23.0 Å². The van der Waals surface area contributed by atoms with E-state index in [1.165, 1.54) is 0 Å². The average molecular weight is 437 g/mol. The number of cyclic esters (lactones) is 1. The fourth-order valence-corrected chi connectivity index (χ4v) is 3.50. The molecule has 0 aromatic carbocycles. The first-order chi connectivity index (χ1) is 13.3. The smallest absolute Gasteiger partial charge is 0.439 e. The molecule has 1 saturated heterocycles. The van der Waals surface area contributed by atoms with Gasteiger partial charge in [-0.15, -0.1) is 6.58 Å². The summed E-state index contributed by atoms with van der Waals surface area (Å²) in [4.78, 5) is 27.6. The van der Waals surface area contributed by atoms with Crippen LogP contribution in [-0.2, 0) is 31.4 Å². The first kappa shape index (κ1) is 26.2. The molecule has 3 rings (SSSR count). The van der Waals surface area contributed by atoms with Crippen molar-refractivity contribution in [3.63, 3.8) is 0 Å². The van der Waals surface area contributed by atoms with E-state index < -0.39 is 17.2 Å². The molecule has 0 unspecified atom stereocenters. The number of rotatable bonds is 5. The molecule has 1 amide bonds. The summed E-state index contributed by atoms with van der Waals surface area (Å²) in [7, 11) is 0. The van der Waals surface area contributed by atoms with Crippen molar-refractivity contribution in [2.75, 3.05) is 0 Å². The summed E-state index contributed by atoms with van der Waals surface area (Å²) < 4.78 is 5.67. The number of carbonyl (C=O) groups excluding carboxylic acids is 2. The van der Waals surface area contributed by atoms with Crippen LogP contribution in [0.5, 0.6) is 0 Å². The van der Waals surface area contributed by atoms with E-state index in [0.717, 1.165) is 12.3 Å². The second kappa shape index (κ2) is 11.6. The third-order valence-electron chi connectivity index (χ3n) is 4.83. The molecule has 4 nitrogen and oxygen atoms in total. The van der Waals surface area contributed by atoms with Crippen molar-refractivity contribution in [2.45, 2.75) is 58.7 Å². The molecule has 5 heteroatoms. The minimum Gasteiger partial charge on any atom is -0.439 e. The molecule has 3 fully saturated rings. The van der Waals surface area contributed by atoms with E-state index in [4.69, 9.17) is 4.74 Å². The Labute approximate surface area is 188 Å². The van der Waals surface area contributed by atoms with Crippen LogP contribution in [0.3, 0.4) is 0 Å². The van der Waals surface area contributed by atoms with Crippen LogP contribution in [0.2, 0.25) is 0 Å². The quantitative estimate of drug-likeness (QED) is 0.367. The van der Waals surface area contributed by atoms with Crippen molar-refractivity contribution in [1.29, 1.82) is 0 Å². The Hall–Kier alpha value is -0.801. The van der Waals surface area contributed by atoms with Gasteiger partial charge in [0.15, 0.2) is 6.23 Å². The van der Waals surface area contributed by atoms with Gasteiger partial charge in [0, 0.05) is 11.3 Å². The van der Waals surface area contributed by atoms with Crippen LogP contribution in [0.4, 0.5) is 0 Å². The van der Waals surface area contributed by atoms with E-state index in [0.29, 0.717) is 12.8 Å². The summed E-state index contributed by atoms with van der Waals surface area (Å²) in [6, 6.07) is 0. The maximum absolute atomic E-state index is 13.1. The summed E-state index contributed by atoms with van der Waals surface area (Å²) in [5, 5.41) is 0. The molecule has 1 aliphatic heterocycles. The number of hydrogen-bond donors (Lipinski definition) is 0. The van der Waals surface area contributed by atoms with Gasteiger partial charge in [-0.25, -0.2) is 4.79 Å². The predicted molar refractivity (Wildman–Crippen MR) is 111 cm³/mol. The van der Waals surface area contributed by atoms with Gasteiger partial charge in [-0.1, -0.05) is 40.2 Å². The predicted octanol–water partition coefficient (Wildman–Crippen LogP) is 4.28. The maximum atomic E-state index is 13.1. The summed E-state index contributed by atoms with van der Waals surface area (Å²) in [6.45, 7) is 11.4. The Bertz CT molecular complexity index is 539. The molecular weight excluding hydrogens is 406 g/mol. The molecule has 2 atom stereocenters. The third kappa shape index (κ3) is 6.10. The fraction of sp³-hybridized carbons (Fsp3) is 0.417. The van der Waals surface area contributed by atoms with Crippen LogP contribution in [0, 0.1) is 69.1 Å². The standard InChI is InChI=1S/C19H26NO3.C5H5.Fe/c1-6-12-19(13-7-2)17(22)23-15(14-10-8-9-11-14)20(19)16(21)18(3,4)5;1-2-4-5-3-1;/h6,8-11,15H,1,7,12-13H2,2-5H3;1-5H;/q;;+2/t15-,19-;;/m1../s1. The van der Waals surface area contributed by atoms with E-state index in [9.17, 15) is 9.59 Å². The molecule has 29 heavy (non-hydrogen) atoms.